The van der Waals surface area contributed by atoms with Crippen LogP contribution in [0.15, 0.2) is 18.3 Å². The Bertz CT molecular complexity index is 410. The summed E-state index contributed by atoms with van der Waals surface area (Å²) >= 11 is 0. The second-order valence-electron chi connectivity index (χ2n) is 3.09. The van der Waals surface area contributed by atoms with Gasteiger partial charge < -0.3 is 5.32 Å². The molecule has 17 heavy (non-hydrogen) atoms. The minimum Gasteiger partial charge on any atom is -0.346 e. The minimum atomic E-state index is -4.35. The van der Waals surface area contributed by atoms with Crippen LogP contribution < -0.4 is 5.32 Å². The number of rotatable bonds is 4. The van der Waals surface area contributed by atoms with Crippen LogP contribution in [0.3, 0.4) is 0 Å². The predicted molar refractivity (Wildman–Crippen MR) is 47.5 cm³/mol. The number of carbonyl (C=O) groups excluding carboxylic acids is 1. The Morgan fingerprint density at radius 2 is 2.12 bits per heavy atom. The summed E-state index contributed by atoms with van der Waals surface area (Å²) < 4.78 is 61.3. The van der Waals surface area contributed by atoms with Crippen molar-refractivity contribution in [2.75, 3.05) is 6.54 Å². The van der Waals surface area contributed by atoms with Crippen molar-refractivity contribution in [3.63, 3.8) is 0 Å². The molecule has 0 aliphatic heterocycles. The molecule has 0 radical (unpaired) electrons. The van der Waals surface area contributed by atoms with Gasteiger partial charge in [-0.3, -0.25) is 4.79 Å². The first kappa shape index (κ1) is 13.3. The van der Waals surface area contributed by atoms with Gasteiger partial charge in [-0.2, -0.15) is 13.2 Å². The second kappa shape index (κ2) is 5.07. The average molecular weight is 254 g/mol. The average Bonchev–Trinajstić information content (AvgIpc) is 2.26. The lowest BCUT2D eigenvalue weighted by Crippen LogP contribution is -2.41. The van der Waals surface area contributed by atoms with Crippen LogP contribution in [-0.4, -0.2) is 29.8 Å². The van der Waals surface area contributed by atoms with Gasteiger partial charge in [0.25, 0.3) is 5.91 Å². The third-order valence-electron chi connectivity index (χ3n) is 1.81. The summed E-state index contributed by atoms with van der Waals surface area (Å²) in [6, 6.07) is 2.21. The van der Waals surface area contributed by atoms with Gasteiger partial charge in [-0.15, -0.1) is 0 Å². The highest BCUT2D eigenvalue weighted by Gasteiger charge is 2.40. The van der Waals surface area contributed by atoms with Crippen LogP contribution in [0.5, 0.6) is 0 Å². The number of carbonyl (C=O) groups is 1. The van der Waals surface area contributed by atoms with Crippen LogP contribution in [0, 0.1) is 5.95 Å². The van der Waals surface area contributed by atoms with Crippen molar-refractivity contribution >= 4 is 5.91 Å². The highest BCUT2D eigenvalue weighted by molar-refractivity contribution is 5.94. The summed E-state index contributed by atoms with van der Waals surface area (Å²) in [6.45, 7) is -1.57. The Kier molecular flexibility index (Phi) is 3.97. The first-order valence-electron chi connectivity index (χ1n) is 4.39. The zero-order valence-electron chi connectivity index (χ0n) is 8.26. The molecule has 0 saturated heterocycles. The van der Waals surface area contributed by atoms with Crippen molar-refractivity contribution in [2.24, 2.45) is 0 Å². The molecule has 1 heterocycles. The predicted octanol–water partition coefficient (Wildman–Crippen LogP) is 1.85. The van der Waals surface area contributed by atoms with Crippen LogP contribution in [0.25, 0.3) is 0 Å². The van der Waals surface area contributed by atoms with Gasteiger partial charge in [0.05, 0.1) is 12.1 Å². The number of pyridine rings is 1. The highest BCUT2D eigenvalue weighted by Crippen LogP contribution is 2.21. The van der Waals surface area contributed by atoms with Gasteiger partial charge in [-0.25, -0.2) is 13.8 Å². The largest absolute Gasteiger partial charge is 0.346 e. The number of nitrogens with one attached hydrogen (secondary N) is 1. The molecule has 0 atom stereocenters. The summed E-state index contributed by atoms with van der Waals surface area (Å²) in [5.74, 6) is -6.74. The number of amides is 1. The lowest BCUT2D eigenvalue weighted by atomic mass is 10.2. The van der Waals surface area contributed by atoms with Gasteiger partial charge in [0.1, 0.15) is 0 Å². The van der Waals surface area contributed by atoms with E-state index >= 15 is 0 Å². The summed E-state index contributed by atoms with van der Waals surface area (Å²) in [6.07, 6.45) is -2.85. The fraction of sp³-hybridized carbons (Fsp3) is 0.333. The number of halogens is 5. The number of hydrogen-bond acceptors (Lipinski definition) is 2. The summed E-state index contributed by atoms with van der Waals surface area (Å²) in [7, 11) is 0. The van der Waals surface area contributed by atoms with E-state index in [0.717, 1.165) is 12.3 Å². The Balaban J connectivity index is 2.66. The molecule has 0 aliphatic carbocycles. The van der Waals surface area contributed by atoms with Crippen molar-refractivity contribution in [2.45, 2.75) is 12.3 Å². The molecule has 3 nitrogen and oxygen atoms in total. The zero-order valence-corrected chi connectivity index (χ0v) is 8.26. The van der Waals surface area contributed by atoms with E-state index in [1.165, 1.54) is 11.4 Å². The number of aromatic nitrogens is 1. The molecular formula is C9H7F5N2O. The van der Waals surface area contributed by atoms with E-state index in [1.54, 1.807) is 0 Å². The number of hydrogen-bond donors (Lipinski definition) is 1. The van der Waals surface area contributed by atoms with E-state index in [0.29, 0.717) is 0 Å². The first-order chi connectivity index (χ1) is 7.84. The summed E-state index contributed by atoms with van der Waals surface area (Å²) in [4.78, 5) is 14.3. The summed E-state index contributed by atoms with van der Waals surface area (Å²) in [5.41, 5.74) is -0.586. The smallest absolute Gasteiger partial charge is 0.324 e. The normalized spacial score (nSPS) is 11.6. The molecule has 0 unspecified atom stereocenters. The lowest BCUT2D eigenvalue weighted by molar-refractivity contribution is -0.123. The fourth-order valence-electron chi connectivity index (χ4n) is 0.926. The van der Waals surface area contributed by atoms with Crippen LogP contribution in [0.2, 0.25) is 0 Å². The molecule has 8 heteroatoms. The standard InChI is InChI=1S/C9H7F5N2O/c10-6-5(2-1-3-15-6)7(17)16-4-9(13,14)8(11)12/h1-3,8H,4H2,(H,16,17). The fourth-order valence-corrected chi connectivity index (χ4v) is 0.926. The topological polar surface area (TPSA) is 42.0 Å². The molecule has 94 valence electrons. The van der Waals surface area contributed by atoms with Crippen molar-refractivity contribution in [1.29, 1.82) is 0 Å². The molecule has 0 bridgehead atoms. The molecule has 1 rings (SSSR count). The van der Waals surface area contributed by atoms with Crippen LogP contribution >= 0.6 is 0 Å². The molecular weight excluding hydrogens is 247 g/mol. The minimum absolute atomic E-state index is 0.586. The first-order valence-corrected chi connectivity index (χ1v) is 4.39. The van der Waals surface area contributed by atoms with Gasteiger partial charge in [0.2, 0.25) is 5.95 Å². The highest BCUT2D eigenvalue weighted by atomic mass is 19.3. The molecule has 1 amide bonds. The molecule has 0 aromatic carbocycles. The number of alkyl halides is 4. The van der Waals surface area contributed by atoms with Crippen molar-refractivity contribution in [3.05, 3.63) is 29.8 Å². The van der Waals surface area contributed by atoms with E-state index in [2.05, 4.69) is 4.98 Å². The van der Waals surface area contributed by atoms with Crippen molar-refractivity contribution in [3.8, 4) is 0 Å². The van der Waals surface area contributed by atoms with Crippen LogP contribution in [0.4, 0.5) is 22.0 Å². The lowest BCUT2D eigenvalue weighted by Gasteiger charge is -2.15. The van der Waals surface area contributed by atoms with E-state index in [4.69, 9.17) is 0 Å². The van der Waals surface area contributed by atoms with Gasteiger partial charge in [0, 0.05) is 6.20 Å². The third-order valence-corrected chi connectivity index (χ3v) is 1.81. The van der Waals surface area contributed by atoms with Gasteiger partial charge >= 0.3 is 12.3 Å². The maximum Gasteiger partial charge on any atom is 0.324 e. The zero-order chi connectivity index (χ0) is 13.1. The van der Waals surface area contributed by atoms with E-state index in [9.17, 15) is 26.7 Å². The maximum absolute atomic E-state index is 12.9. The quantitative estimate of drug-likeness (QED) is 0.658. The SMILES string of the molecule is O=C(NCC(F)(F)C(F)F)c1cccnc1F. The molecule has 1 aromatic rings. The Morgan fingerprint density at radius 1 is 1.47 bits per heavy atom. The Hall–Kier alpha value is -1.73. The molecule has 0 aliphatic rings. The maximum atomic E-state index is 12.9. The Morgan fingerprint density at radius 3 is 2.65 bits per heavy atom. The van der Waals surface area contributed by atoms with E-state index in [-0.39, 0.29) is 0 Å². The Labute approximate surface area is 92.6 Å². The van der Waals surface area contributed by atoms with E-state index in [1.807, 2.05) is 0 Å². The molecule has 0 saturated carbocycles. The van der Waals surface area contributed by atoms with Crippen LogP contribution in [0.1, 0.15) is 10.4 Å². The second-order valence-corrected chi connectivity index (χ2v) is 3.09. The molecule has 1 aromatic heterocycles. The van der Waals surface area contributed by atoms with E-state index < -0.39 is 36.3 Å². The molecule has 0 fully saturated rings. The molecule has 1 N–H and O–H groups in total. The number of nitrogens with zero attached hydrogens (tertiary/aromatic N) is 1. The monoisotopic (exact) mass is 254 g/mol. The van der Waals surface area contributed by atoms with Crippen molar-refractivity contribution < 1.29 is 26.7 Å². The summed E-state index contributed by atoms with van der Waals surface area (Å²) in [5, 5.41) is 1.51. The van der Waals surface area contributed by atoms with Crippen LogP contribution in [-0.2, 0) is 0 Å². The van der Waals surface area contributed by atoms with Gasteiger partial charge in [-0.05, 0) is 12.1 Å². The molecule has 0 spiro atoms. The van der Waals surface area contributed by atoms with Gasteiger partial charge in [-0.1, -0.05) is 0 Å². The van der Waals surface area contributed by atoms with Crippen molar-refractivity contribution in [1.82, 2.24) is 10.3 Å². The third kappa shape index (κ3) is 3.36. The van der Waals surface area contributed by atoms with Gasteiger partial charge in [0.15, 0.2) is 0 Å².